The van der Waals surface area contributed by atoms with Crippen molar-refractivity contribution in [3.05, 3.63) is 57.6 Å². The summed E-state index contributed by atoms with van der Waals surface area (Å²) >= 11 is 0. The topological polar surface area (TPSA) is 126 Å². The first-order valence-electron chi connectivity index (χ1n) is 7.90. The number of ether oxygens (including phenoxy) is 1. The van der Waals surface area contributed by atoms with Crippen LogP contribution in [0, 0.1) is 0 Å². The molecule has 3 atom stereocenters. The van der Waals surface area contributed by atoms with Gasteiger partial charge in [0.2, 0.25) is 0 Å². The number of aromatic nitrogens is 3. The van der Waals surface area contributed by atoms with E-state index in [2.05, 4.69) is 15.1 Å². The van der Waals surface area contributed by atoms with Crippen LogP contribution in [0.4, 0.5) is 5.69 Å². The molecule has 0 aromatic carbocycles. The van der Waals surface area contributed by atoms with E-state index in [0.717, 1.165) is 0 Å². The summed E-state index contributed by atoms with van der Waals surface area (Å²) in [6, 6.07) is 4.50. The molecule has 0 spiro atoms. The summed E-state index contributed by atoms with van der Waals surface area (Å²) in [7, 11) is -3.55. The number of nitrogens with one attached hydrogen (secondary N) is 2. The Morgan fingerprint density at radius 3 is 2.80 bits per heavy atom. The zero-order chi connectivity index (χ0) is 17.9. The summed E-state index contributed by atoms with van der Waals surface area (Å²) in [6.45, 7) is 0. The molecule has 0 aliphatic carbocycles. The van der Waals surface area contributed by atoms with Crippen molar-refractivity contribution in [1.29, 1.82) is 0 Å². The molecule has 3 heterocycles. The van der Waals surface area contributed by atoms with E-state index in [1.807, 2.05) is 0 Å². The first-order valence-corrected chi connectivity index (χ1v) is 9.74. The van der Waals surface area contributed by atoms with Gasteiger partial charge in [0, 0.05) is 36.5 Å². The lowest BCUT2D eigenvalue weighted by Crippen LogP contribution is -2.31. The van der Waals surface area contributed by atoms with Gasteiger partial charge in [-0.2, -0.15) is 0 Å². The molecule has 0 radical (unpaired) electrons. The molecule has 9 nitrogen and oxygen atoms in total. The molecular formula is C15H19N4O5P. The van der Waals surface area contributed by atoms with Crippen LogP contribution in [-0.2, 0) is 9.30 Å². The second-order valence-corrected chi connectivity index (χ2v) is 7.94. The van der Waals surface area contributed by atoms with E-state index in [1.165, 1.54) is 29.2 Å². The number of aromatic amines is 1. The van der Waals surface area contributed by atoms with Gasteiger partial charge < -0.3 is 14.7 Å². The van der Waals surface area contributed by atoms with Gasteiger partial charge in [-0.05, 0) is 31.4 Å². The zero-order valence-corrected chi connectivity index (χ0v) is 14.3. The number of pyridine rings is 1. The second-order valence-electron chi connectivity index (χ2n) is 5.87. The number of nitrogens with zero attached hydrogens (tertiary/aromatic N) is 2. The summed E-state index contributed by atoms with van der Waals surface area (Å²) in [5.74, 6) is 0. The van der Waals surface area contributed by atoms with Crippen molar-refractivity contribution < 1.29 is 14.2 Å². The minimum atomic E-state index is -3.55. The highest BCUT2D eigenvalue weighted by Gasteiger charge is 2.29. The van der Waals surface area contributed by atoms with Crippen LogP contribution in [0.5, 0.6) is 0 Å². The Morgan fingerprint density at radius 1 is 1.32 bits per heavy atom. The van der Waals surface area contributed by atoms with E-state index >= 15 is 0 Å². The fraction of sp³-hybridized carbons (Fsp3) is 0.400. The highest BCUT2D eigenvalue weighted by Crippen LogP contribution is 2.43. The van der Waals surface area contributed by atoms with Crippen molar-refractivity contribution in [3.63, 3.8) is 0 Å². The molecule has 3 N–H and O–H groups in total. The number of hydrogen-bond acceptors (Lipinski definition) is 5. The molecular weight excluding hydrogens is 347 g/mol. The van der Waals surface area contributed by atoms with E-state index in [4.69, 9.17) is 4.74 Å². The molecule has 0 bridgehead atoms. The fourth-order valence-corrected chi connectivity index (χ4v) is 4.06. The second kappa shape index (κ2) is 7.35. The molecule has 134 valence electrons. The Hall–Kier alpha value is -2.22. The smallest absolute Gasteiger partial charge is 0.330 e. The van der Waals surface area contributed by atoms with E-state index in [1.54, 1.807) is 12.1 Å². The highest BCUT2D eigenvalue weighted by molar-refractivity contribution is 7.59. The van der Waals surface area contributed by atoms with Crippen LogP contribution in [0.2, 0.25) is 0 Å². The standard InChI is InChI=1S/C15H19N4O5P/c20-13-5-9-19(15(21)17-13)14-2-1-12(24-14)6-10-25(22,23)18-11-3-7-16-8-4-11/h3-5,7-9,12,14H,1-2,6,10H2,(H,17,20,21)(H2,16,18,22,23)/t12-,14+/m0/s1. The van der Waals surface area contributed by atoms with E-state index < -0.39 is 25.0 Å². The quantitative estimate of drug-likeness (QED) is 0.658. The maximum absolute atomic E-state index is 12.3. The van der Waals surface area contributed by atoms with E-state index in [-0.39, 0.29) is 12.3 Å². The normalized spacial score (nSPS) is 22.4. The Labute approximate surface area is 143 Å². The van der Waals surface area contributed by atoms with Gasteiger partial charge in [0.25, 0.3) is 13.1 Å². The maximum Gasteiger partial charge on any atom is 0.330 e. The average molecular weight is 366 g/mol. The lowest BCUT2D eigenvalue weighted by atomic mass is 10.2. The molecule has 1 saturated heterocycles. The molecule has 2 aromatic heterocycles. The summed E-state index contributed by atoms with van der Waals surface area (Å²) in [5.41, 5.74) is -0.449. The van der Waals surface area contributed by atoms with Gasteiger partial charge in [-0.25, -0.2) is 4.79 Å². The van der Waals surface area contributed by atoms with Crippen LogP contribution in [-0.4, -0.2) is 31.7 Å². The molecule has 3 rings (SSSR count). The SMILES string of the molecule is O=c1ccn([C@H]2CC[C@@H](CCP(=O)(O)Nc3ccncc3)O2)c(=O)[nH]1. The largest absolute Gasteiger partial charge is 0.355 e. The van der Waals surface area contributed by atoms with Crippen LogP contribution in [0.15, 0.2) is 46.4 Å². The zero-order valence-electron chi connectivity index (χ0n) is 13.4. The molecule has 0 amide bonds. The Balaban J connectivity index is 1.55. The fourth-order valence-electron chi connectivity index (χ4n) is 2.76. The Bertz CT molecular complexity index is 881. The molecule has 0 saturated carbocycles. The number of hydrogen-bond donors (Lipinski definition) is 3. The molecule has 1 aliphatic rings. The Kier molecular flexibility index (Phi) is 5.17. The molecule has 25 heavy (non-hydrogen) atoms. The first-order chi connectivity index (χ1) is 11.9. The summed E-state index contributed by atoms with van der Waals surface area (Å²) in [5, 5.41) is 2.62. The third-order valence-corrected chi connectivity index (χ3v) is 5.46. The van der Waals surface area contributed by atoms with Crippen molar-refractivity contribution in [2.45, 2.75) is 31.6 Å². The number of anilines is 1. The van der Waals surface area contributed by atoms with Gasteiger partial charge in [-0.3, -0.25) is 23.9 Å². The summed E-state index contributed by atoms with van der Waals surface area (Å²) < 4.78 is 19.4. The predicted molar refractivity (Wildman–Crippen MR) is 91.6 cm³/mol. The third-order valence-electron chi connectivity index (χ3n) is 3.98. The monoisotopic (exact) mass is 366 g/mol. The van der Waals surface area contributed by atoms with Crippen molar-refractivity contribution in [2.75, 3.05) is 11.2 Å². The van der Waals surface area contributed by atoms with Crippen LogP contribution in [0.3, 0.4) is 0 Å². The number of H-pyrrole nitrogens is 1. The minimum Gasteiger partial charge on any atom is -0.355 e. The molecule has 2 aromatic rings. The summed E-state index contributed by atoms with van der Waals surface area (Å²) in [4.78, 5) is 39.0. The lowest BCUT2D eigenvalue weighted by Gasteiger charge is -2.18. The van der Waals surface area contributed by atoms with Gasteiger partial charge in [0.15, 0.2) is 0 Å². The molecule has 1 fully saturated rings. The molecule has 1 unspecified atom stereocenters. The average Bonchev–Trinajstić information content (AvgIpc) is 3.02. The van der Waals surface area contributed by atoms with Crippen molar-refractivity contribution in [2.24, 2.45) is 0 Å². The van der Waals surface area contributed by atoms with Gasteiger partial charge in [-0.1, -0.05) is 0 Å². The van der Waals surface area contributed by atoms with Crippen LogP contribution >= 0.6 is 7.52 Å². The molecule has 10 heteroatoms. The lowest BCUT2D eigenvalue weighted by molar-refractivity contribution is -0.00186. The van der Waals surface area contributed by atoms with Crippen molar-refractivity contribution in [3.8, 4) is 0 Å². The van der Waals surface area contributed by atoms with Crippen LogP contribution in [0.25, 0.3) is 0 Å². The summed E-state index contributed by atoms with van der Waals surface area (Å²) in [6.07, 6.45) is 5.49. The Morgan fingerprint density at radius 2 is 2.08 bits per heavy atom. The maximum atomic E-state index is 12.3. The minimum absolute atomic E-state index is 0.0488. The van der Waals surface area contributed by atoms with Crippen LogP contribution < -0.4 is 16.3 Å². The molecule has 1 aliphatic heterocycles. The first kappa shape index (κ1) is 17.6. The van der Waals surface area contributed by atoms with Crippen LogP contribution in [0.1, 0.15) is 25.5 Å². The highest BCUT2D eigenvalue weighted by atomic mass is 31.2. The van der Waals surface area contributed by atoms with Gasteiger partial charge >= 0.3 is 5.69 Å². The van der Waals surface area contributed by atoms with Gasteiger partial charge in [-0.15, -0.1) is 0 Å². The third kappa shape index (κ3) is 4.66. The van der Waals surface area contributed by atoms with Gasteiger partial charge in [0.05, 0.1) is 6.10 Å². The van der Waals surface area contributed by atoms with Crippen molar-refractivity contribution >= 4 is 13.2 Å². The van der Waals surface area contributed by atoms with E-state index in [0.29, 0.717) is 24.9 Å². The van der Waals surface area contributed by atoms with Crippen molar-refractivity contribution in [1.82, 2.24) is 14.5 Å². The van der Waals surface area contributed by atoms with Gasteiger partial charge in [0.1, 0.15) is 6.23 Å². The predicted octanol–water partition coefficient (Wildman–Crippen LogP) is 1.30. The number of rotatable bonds is 6. The van der Waals surface area contributed by atoms with E-state index in [9.17, 15) is 19.0 Å².